The van der Waals surface area contributed by atoms with Gasteiger partial charge in [-0.15, -0.1) is 0 Å². The van der Waals surface area contributed by atoms with Crippen LogP contribution in [0.1, 0.15) is 20.8 Å². The molecule has 0 radical (unpaired) electrons. The summed E-state index contributed by atoms with van der Waals surface area (Å²) < 4.78 is 10.4. The average molecular weight is 294 g/mol. The van der Waals surface area contributed by atoms with Gasteiger partial charge in [-0.3, -0.25) is 4.79 Å². The van der Waals surface area contributed by atoms with Gasteiger partial charge < -0.3 is 14.5 Å². The number of H-pyrrole nitrogens is 1. The van der Waals surface area contributed by atoms with E-state index < -0.39 is 5.60 Å². The van der Waals surface area contributed by atoms with Crippen molar-refractivity contribution in [3.8, 4) is 5.75 Å². The highest BCUT2D eigenvalue weighted by Crippen LogP contribution is 2.23. The molecule has 0 spiro atoms. The lowest BCUT2D eigenvalue weighted by Gasteiger charge is -2.18. The molecule has 0 unspecified atom stereocenters. The van der Waals surface area contributed by atoms with E-state index in [0.717, 1.165) is 16.8 Å². The van der Waals surface area contributed by atoms with Crippen molar-refractivity contribution >= 4 is 28.8 Å². The molecule has 5 nitrogen and oxygen atoms in total. The van der Waals surface area contributed by atoms with Crippen LogP contribution in [0.2, 0.25) is 0 Å². The molecule has 0 aliphatic heterocycles. The predicted molar refractivity (Wildman–Crippen MR) is 79.2 cm³/mol. The Morgan fingerprint density at radius 1 is 1.40 bits per heavy atom. The van der Waals surface area contributed by atoms with Gasteiger partial charge in [-0.05, 0) is 32.9 Å². The van der Waals surface area contributed by atoms with Gasteiger partial charge in [-0.2, -0.15) is 0 Å². The molecule has 108 valence electrons. The Morgan fingerprint density at radius 2 is 2.15 bits per heavy atom. The largest absolute Gasteiger partial charge is 0.497 e. The van der Waals surface area contributed by atoms with Crippen LogP contribution in [0.25, 0.3) is 11.0 Å². The van der Waals surface area contributed by atoms with Crippen molar-refractivity contribution in [1.82, 2.24) is 9.97 Å². The lowest BCUT2D eigenvalue weighted by Crippen LogP contribution is -2.24. The van der Waals surface area contributed by atoms with Gasteiger partial charge in [0.25, 0.3) is 0 Å². The van der Waals surface area contributed by atoms with E-state index in [9.17, 15) is 4.79 Å². The number of aromatic amines is 1. The summed E-state index contributed by atoms with van der Waals surface area (Å²) >= 11 is 1.33. The number of hydrogen-bond donors (Lipinski definition) is 1. The van der Waals surface area contributed by atoms with Crippen molar-refractivity contribution in [3.05, 3.63) is 18.2 Å². The van der Waals surface area contributed by atoms with Crippen molar-refractivity contribution in [2.75, 3.05) is 12.9 Å². The summed E-state index contributed by atoms with van der Waals surface area (Å²) in [5.74, 6) is 0.749. The second-order valence-corrected chi connectivity index (χ2v) is 6.26. The maximum atomic E-state index is 11.6. The number of aromatic nitrogens is 2. The molecule has 1 aromatic carbocycles. The number of nitrogens with one attached hydrogen (secondary N) is 1. The van der Waals surface area contributed by atoms with Gasteiger partial charge in [0, 0.05) is 6.07 Å². The zero-order valence-electron chi connectivity index (χ0n) is 12.0. The van der Waals surface area contributed by atoms with Crippen molar-refractivity contribution in [1.29, 1.82) is 0 Å². The topological polar surface area (TPSA) is 64.2 Å². The molecule has 20 heavy (non-hydrogen) atoms. The number of benzene rings is 1. The van der Waals surface area contributed by atoms with Crippen molar-refractivity contribution in [2.24, 2.45) is 0 Å². The zero-order chi connectivity index (χ0) is 14.8. The first-order valence-corrected chi connectivity index (χ1v) is 7.24. The number of nitrogens with zero attached hydrogens (tertiary/aromatic N) is 1. The fourth-order valence-corrected chi connectivity index (χ4v) is 2.32. The molecule has 0 fully saturated rings. The molecule has 0 saturated heterocycles. The highest BCUT2D eigenvalue weighted by atomic mass is 32.2. The summed E-state index contributed by atoms with van der Waals surface area (Å²) in [7, 11) is 1.62. The molecule has 0 amide bonds. The molecule has 0 aliphatic carbocycles. The highest BCUT2D eigenvalue weighted by Gasteiger charge is 2.17. The van der Waals surface area contributed by atoms with Crippen LogP contribution >= 0.6 is 11.8 Å². The number of thioether (sulfide) groups is 1. The van der Waals surface area contributed by atoms with E-state index in [1.165, 1.54) is 11.8 Å². The normalized spacial score (nSPS) is 11.6. The standard InChI is InChI=1S/C14H18N2O3S/c1-14(2,3)19-12(17)8-20-13-15-10-6-5-9(18-4)7-11(10)16-13/h5-7H,8H2,1-4H3,(H,15,16). The number of methoxy groups -OCH3 is 1. The van der Waals surface area contributed by atoms with E-state index >= 15 is 0 Å². The monoisotopic (exact) mass is 294 g/mol. The van der Waals surface area contributed by atoms with Gasteiger partial charge in [0.2, 0.25) is 0 Å². The van der Waals surface area contributed by atoms with Crippen LogP contribution in [0.5, 0.6) is 5.75 Å². The molecule has 2 aromatic rings. The second-order valence-electron chi connectivity index (χ2n) is 5.30. The van der Waals surface area contributed by atoms with Crippen LogP contribution in [0, 0.1) is 0 Å². The van der Waals surface area contributed by atoms with Crippen LogP contribution in [0.4, 0.5) is 0 Å². The lowest BCUT2D eigenvalue weighted by atomic mass is 10.2. The summed E-state index contributed by atoms with van der Waals surface area (Å²) in [5.41, 5.74) is 1.27. The molecular weight excluding hydrogens is 276 g/mol. The molecule has 0 atom stereocenters. The number of esters is 1. The fourth-order valence-electron chi connectivity index (χ4n) is 1.66. The van der Waals surface area contributed by atoms with Crippen molar-refractivity contribution < 1.29 is 14.3 Å². The third-order valence-corrected chi connectivity index (χ3v) is 3.26. The molecule has 0 bridgehead atoms. The molecule has 1 N–H and O–H groups in total. The van der Waals surface area contributed by atoms with E-state index in [2.05, 4.69) is 9.97 Å². The van der Waals surface area contributed by atoms with Gasteiger partial charge in [0.05, 0.1) is 23.9 Å². The van der Waals surface area contributed by atoms with E-state index in [4.69, 9.17) is 9.47 Å². The van der Waals surface area contributed by atoms with Gasteiger partial charge in [-0.1, -0.05) is 11.8 Å². The number of fused-ring (bicyclic) bond motifs is 1. The van der Waals surface area contributed by atoms with E-state index in [-0.39, 0.29) is 11.7 Å². The van der Waals surface area contributed by atoms with E-state index in [1.54, 1.807) is 7.11 Å². The number of imidazole rings is 1. The summed E-state index contributed by atoms with van der Waals surface area (Å²) in [6.07, 6.45) is 0. The Bertz CT molecular complexity index is 616. The zero-order valence-corrected chi connectivity index (χ0v) is 12.8. The quantitative estimate of drug-likeness (QED) is 0.693. The van der Waals surface area contributed by atoms with E-state index in [1.807, 2.05) is 39.0 Å². The molecule has 6 heteroatoms. The number of carbonyl (C=O) groups is 1. The summed E-state index contributed by atoms with van der Waals surface area (Å²) in [6, 6.07) is 5.60. The number of carbonyl (C=O) groups excluding carboxylic acids is 1. The number of ether oxygens (including phenoxy) is 2. The maximum absolute atomic E-state index is 11.6. The maximum Gasteiger partial charge on any atom is 0.316 e. The Labute approximate surface area is 122 Å². The van der Waals surface area contributed by atoms with Crippen molar-refractivity contribution in [2.45, 2.75) is 31.5 Å². The van der Waals surface area contributed by atoms with Crippen LogP contribution in [-0.4, -0.2) is 34.4 Å². The average Bonchev–Trinajstić information content (AvgIpc) is 2.75. The fraction of sp³-hybridized carbons (Fsp3) is 0.429. The van der Waals surface area contributed by atoms with Gasteiger partial charge in [0.15, 0.2) is 5.16 Å². The Kier molecular flexibility index (Phi) is 4.23. The smallest absolute Gasteiger partial charge is 0.316 e. The summed E-state index contributed by atoms with van der Waals surface area (Å²) in [6.45, 7) is 5.55. The SMILES string of the molecule is COc1ccc2nc(SCC(=O)OC(C)(C)C)[nH]c2c1. The van der Waals surface area contributed by atoms with Crippen molar-refractivity contribution in [3.63, 3.8) is 0 Å². The third-order valence-electron chi connectivity index (χ3n) is 2.41. The first kappa shape index (κ1) is 14.7. The van der Waals surface area contributed by atoms with Gasteiger partial charge in [-0.25, -0.2) is 4.98 Å². The van der Waals surface area contributed by atoms with Crippen LogP contribution < -0.4 is 4.74 Å². The molecule has 2 rings (SSSR count). The minimum atomic E-state index is -0.459. The number of hydrogen-bond acceptors (Lipinski definition) is 5. The van der Waals surface area contributed by atoms with Gasteiger partial charge in [0.1, 0.15) is 11.4 Å². The molecular formula is C14H18N2O3S. The van der Waals surface area contributed by atoms with Crippen LogP contribution in [-0.2, 0) is 9.53 Å². The third kappa shape index (κ3) is 3.90. The molecule has 1 aromatic heterocycles. The Balaban J connectivity index is 2.01. The van der Waals surface area contributed by atoms with E-state index in [0.29, 0.717) is 5.16 Å². The Morgan fingerprint density at radius 3 is 2.80 bits per heavy atom. The first-order valence-electron chi connectivity index (χ1n) is 6.26. The molecule has 0 aliphatic rings. The van der Waals surface area contributed by atoms with Crippen LogP contribution in [0.15, 0.2) is 23.4 Å². The molecule has 0 saturated carbocycles. The first-order chi connectivity index (χ1) is 9.37. The summed E-state index contributed by atoms with van der Waals surface area (Å²) in [4.78, 5) is 19.2. The Hall–Kier alpha value is -1.69. The minimum absolute atomic E-state index is 0.230. The minimum Gasteiger partial charge on any atom is -0.497 e. The van der Waals surface area contributed by atoms with Crippen LogP contribution in [0.3, 0.4) is 0 Å². The summed E-state index contributed by atoms with van der Waals surface area (Å²) in [5, 5.41) is 0.694. The number of rotatable bonds is 4. The lowest BCUT2D eigenvalue weighted by molar-refractivity contribution is -0.151. The predicted octanol–water partition coefficient (Wildman–Crippen LogP) is 3.01. The van der Waals surface area contributed by atoms with Gasteiger partial charge >= 0.3 is 5.97 Å². The highest BCUT2D eigenvalue weighted by molar-refractivity contribution is 7.99. The molecule has 1 heterocycles. The second kappa shape index (κ2) is 5.75.